The number of nitrogens with zero attached hydrogens (tertiary/aromatic N) is 1. The molecule has 0 radical (unpaired) electrons. The number of carbonyl (C=O) groups is 4. The molecule has 0 aliphatic rings. The van der Waals surface area contributed by atoms with E-state index in [0.717, 1.165) is 47.9 Å². The summed E-state index contributed by atoms with van der Waals surface area (Å²) in [6.07, 6.45) is 13.7. The van der Waals surface area contributed by atoms with Crippen LogP contribution >= 0.6 is 0 Å². The maximum absolute atomic E-state index is 12.6. The van der Waals surface area contributed by atoms with Crippen molar-refractivity contribution in [1.82, 2.24) is 4.90 Å². The predicted molar refractivity (Wildman–Crippen MR) is 284 cm³/mol. The summed E-state index contributed by atoms with van der Waals surface area (Å²) in [5.41, 5.74) is 7.03. The van der Waals surface area contributed by atoms with Gasteiger partial charge in [0.05, 0.1) is 45.9 Å². The highest BCUT2D eigenvalue weighted by atomic mass is 16.6. The van der Waals surface area contributed by atoms with E-state index in [2.05, 4.69) is 75.5 Å². The molecule has 0 saturated heterocycles. The molecule has 0 bridgehead atoms. The number of ether oxygens (including phenoxy) is 6. The molecular formula is C60H79NO11. The van der Waals surface area contributed by atoms with Gasteiger partial charge in [-0.15, -0.1) is 0 Å². The lowest BCUT2D eigenvalue weighted by Gasteiger charge is -2.20. The Morgan fingerprint density at radius 1 is 0.472 bits per heavy atom. The first-order valence-corrected chi connectivity index (χ1v) is 26.0. The minimum Gasteiger partial charge on any atom is -0.490 e. The van der Waals surface area contributed by atoms with Gasteiger partial charge in [0.25, 0.3) is 0 Å². The molecule has 4 rings (SSSR count). The van der Waals surface area contributed by atoms with Crippen LogP contribution in [0.5, 0.6) is 23.0 Å². The van der Waals surface area contributed by atoms with Crippen LogP contribution in [-0.4, -0.2) is 86.6 Å². The third-order valence-corrected chi connectivity index (χ3v) is 12.0. The SMILES string of the molecule is C=C(C)C(=O)Oc1cc(-c2ccc(CCCCC)cc2)ccc1OCCCCCOC(=O)CCN(CCO)CCC(=O)OCCCCCOc1ccc(-c2ccc(CCCCC)cc2)cc1OC(=O)C(=C)C. The molecule has 0 atom stereocenters. The van der Waals surface area contributed by atoms with Crippen molar-refractivity contribution in [1.29, 1.82) is 0 Å². The van der Waals surface area contributed by atoms with Gasteiger partial charge >= 0.3 is 23.9 Å². The summed E-state index contributed by atoms with van der Waals surface area (Å²) in [7, 11) is 0. The van der Waals surface area contributed by atoms with E-state index in [-0.39, 0.29) is 55.7 Å². The first-order chi connectivity index (χ1) is 34.9. The lowest BCUT2D eigenvalue weighted by molar-refractivity contribution is -0.144. The number of unbranched alkanes of at least 4 members (excludes halogenated alkanes) is 8. The van der Waals surface area contributed by atoms with E-state index in [1.807, 2.05) is 41.3 Å². The summed E-state index contributed by atoms with van der Waals surface area (Å²) in [5.74, 6) is -0.164. The van der Waals surface area contributed by atoms with E-state index >= 15 is 0 Å². The second-order valence-electron chi connectivity index (χ2n) is 18.3. The fourth-order valence-electron chi connectivity index (χ4n) is 7.65. The van der Waals surface area contributed by atoms with Crippen LogP contribution in [-0.2, 0) is 41.5 Å². The van der Waals surface area contributed by atoms with Crippen molar-refractivity contribution in [2.75, 3.05) is 52.7 Å². The van der Waals surface area contributed by atoms with Crippen LogP contribution in [0.4, 0.5) is 0 Å². The molecule has 0 fully saturated rings. The first-order valence-electron chi connectivity index (χ1n) is 26.0. The molecule has 390 valence electrons. The molecule has 12 heteroatoms. The second-order valence-corrected chi connectivity index (χ2v) is 18.3. The van der Waals surface area contributed by atoms with E-state index in [1.165, 1.54) is 49.7 Å². The normalized spacial score (nSPS) is 11.0. The number of aryl methyl sites for hydroxylation is 2. The summed E-state index contributed by atoms with van der Waals surface area (Å²) in [5, 5.41) is 9.60. The van der Waals surface area contributed by atoms with Gasteiger partial charge in [-0.25, -0.2) is 9.59 Å². The highest BCUT2D eigenvalue weighted by molar-refractivity contribution is 5.90. The smallest absolute Gasteiger partial charge is 0.338 e. The molecule has 4 aromatic rings. The van der Waals surface area contributed by atoms with Gasteiger partial charge in [-0.2, -0.15) is 0 Å². The average molecular weight is 990 g/mol. The summed E-state index contributed by atoms with van der Waals surface area (Å²) >= 11 is 0. The standard InChI is InChI=1S/C60H79NO11/c1-7-9-13-19-47-21-25-49(26-22-47)51-29-31-53(55(43-51)71-59(65)45(3)4)67-39-15-11-17-41-69-57(63)33-35-61(37-38-62)36-34-58(64)70-42-18-12-16-40-68-54-32-30-52(44-56(54)72-60(66)46(5)6)50-27-23-48(24-28-50)20-14-10-8-2/h21-32,43-44,62H,3,5,7-20,33-42H2,1-2,4,6H3. The van der Waals surface area contributed by atoms with Crippen molar-refractivity contribution in [3.8, 4) is 45.3 Å². The Morgan fingerprint density at radius 3 is 1.24 bits per heavy atom. The van der Waals surface area contributed by atoms with Gasteiger partial charge in [0.15, 0.2) is 23.0 Å². The zero-order valence-corrected chi connectivity index (χ0v) is 43.4. The summed E-state index contributed by atoms with van der Waals surface area (Å²) < 4.78 is 34.3. The maximum atomic E-state index is 12.6. The van der Waals surface area contributed by atoms with Crippen LogP contribution in [0.25, 0.3) is 22.3 Å². The second kappa shape index (κ2) is 33.4. The topological polar surface area (TPSA) is 147 Å². The van der Waals surface area contributed by atoms with E-state index < -0.39 is 11.9 Å². The fourth-order valence-corrected chi connectivity index (χ4v) is 7.65. The molecule has 0 aliphatic heterocycles. The molecule has 4 aromatic carbocycles. The Morgan fingerprint density at radius 2 is 0.861 bits per heavy atom. The summed E-state index contributed by atoms with van der Waals surface area (Å²) in [4.78, 5) is 51.9. The van der Waals surface area contributed by atoms with Crippen molar-refractivity contribution in [2.24, 2.45) is 0 Å². The number of benzene rings is 4. The van der Waals surface area contributed by atoms with Gasteiger partial charge in [0.1, 0.15) is 0 Å². The summed E-state index contributed by atoms with van der Waals surface area (Å²) in [6, 6.07) is 28.1. The van der Waals surface area contributed by atoms with E-state index in [1.54, 1.807) is 13.8 Å². The lowest BCUT2D eigenvalue weighted by atomic mass is 10.0. The Hall–Kier alpha value is -6.24. The van der Waals surface area contributed by atoms with Crippen molar-refractivity contribution in [3.63, 3.8) is 0 Å². The Labute approximate surface area is 428 Å². The third-order valence-electron chi connectivity index (χ3n) is 12.0. The number of hydrogen-bond acceptors (Lipinski definition) is 12. The van der Waals surface area contributed by atoms with Gasteiger partial charge in [-0.3, -0.25) is 14.5 Å². The number of aliphatic hydroxyl groups excluding tert-OH is 1. The molecule has 0 aromatic heterocycles. The van der Waals surface area contributed by atoms with E-state index in [4.69, 9.17) is 28.4 Å². The molecule has 0 saturated carbocycles. The number of rotatable bonds is 36. The average Bonchev–Trinajstić information content (AvgIpc) is 3.37. The molecule has 0 aliphatic carbocycles. The van der Waals surface area contributed by atoms with Crippen LogP contribution in [0.2, 0.25) is 0 Å². The first kappa shape index (κ1) is 58.3. The molecule has 1 N–H and O–H groups in total. The van der Waals surface area contributed by atoms with E-state index in [9.17, 15) is 24.3 Å². The van der Waals surface area contributed by atoms with Crippen molar-refractivity contribution in [3.05, 3.63) is 120 Å². The van der Waals surface area contributed by atoms with Gasteiger partial charge < -0.3 is 33.5 Å². The molecule has 12 nitrogen and oxygen atoms in total. The van der Waals surface area contributed by atoms with Crippen LogP contribution in [0.1, 0.15) is 129 Å². The molecular weight excluding hydrogens is 911 g/mol. The van der Waals surface area contributed by atoms with Crippen LogP contribution in [0.15, 0.2) is 109 Å². The van der Waals surface area contributed by atoms with Crippen molar-refractivity contribution >= 4 is 23.9 Å². The maximum Gasteiger partial charge on any atom is 0.338 e. The zero-order chi connectivity index (χ0) is 51.9. The van der Waals surface area contributed by atoms with Gasteiger partial charge in [0.2, 0.25) is 0 Å². The van der Waals surface area contributed by atoms with Crippen LogP contribution < -0.4 is 18.9 Å². The Bertz CT molecular complexity index is 2140. The van der Waals surface area contributed by atoms with Crippen LogP contribution in [0, 0.1) is 0 Å². The fraction of sp³-hybridized carbons (Fsp3) is 0.467. The number of aliphatic hydroxyl groups is 1. The summed E-state index contributed by atoms with van der Waals surface area (Å²) in [6.45, 7) is 17.2. The molecule has 0 amide bonds. The van der Waals surface area contributed by atoms with Crippen molar-refractivity contribution < 1.29 is 52.7 Å². The number of carbonyl (C=O) groups excluding carboxylic acids is 4. The van der Waals surface area contributed by atoms with E-state index in [0.29, 0.717) is 81.5 Å². The number of hydrogen-bond donors (Lipinski definition) is 1. The van der Waals surface area contributed by atoms with Gasteiger partial charge in [0, 0.05) is 30.8 Å². The third kappa shape index (κ3) is 22.0. The van der Waals surface area contributed by atoms with Gasteiger partial charge in [-0.05, 0) is 136 Å². The van der Waals surface area contributed by atoms with Crippen molar-refractivity contribution in [2.45, 2.75) is 130 Å². The molecule has 0 heterocycles. The Balaban J connectivity index is 1.09. The molecule has 0 unspecified atom stereocenters. The zero-order valence-electron chi connectivity index (χ0n) is 43.4. The highest BCUT2D eigenvalue weighted by Gasteiger charge is 2.17. The largest absolute Gasteiger partial charge is 0.490 e. The molecule has 72 heavy (non-hydrogen) atoms. The van der Waals surface area contributed by atoms with Gasteiger partial charge in [-0.1, -0.05) is 113 Å². The minimum absolute atomic E-state index is 0.113. The molecule has 0 spiro atoms. The highest BCUT2D eigenvalue weighted by Crippen LogP contribution is 2.35. The monoisotopic (exact) mass is 990 g/mol. The predicted octanol–water partition coefficient (Wildman–Crippen LogP) is 12.4. The Kier molecular flexibility index (Phi) is 27.1. The number of esters is 4. The quantitative estimate of drug-likeness (QED) is 0.0200. The van der Waals surface area contributed by atoms with Crippen LogP contribution in [0.3, 0.4) is 0 Å². The lowest BCUT2D eigenvalue weighted by Crippen LogP contribution is -2.32. The minimum atomic E-state index is -0.524.